The highest BCUT2D eigenvalue weighted by Crippen LogP contribution is 2.35. The van der Waals surface area contributed by atoms with Gasteiger partial charge in [-0.3, -0.25) is 4.99 Å². The Morgan fingerprint density at radius 3 is 1.88 bits per heavy atom. The maximum Gasteiger partial charge on any atom is 0.152 e. The zero-order valence-electron chi connectivity index (χ0n) is 19.5. The number of hydrogen-bond acceptors (Lipinski definition) is 2. The van der Waals surface area contributed by atoms with Crippen LogP contribution in [0.15, 0.2) is 89.9 Å². The van der Waals surface area contributed by atoms with Gasteiger partial charge in [0.15, 0.2) is 5.82 Å². The Kier molecular flexibility index (Phi) is 5.39. The molecule has 5 rings (SSSR count). The first kappa shape index (κ1) is 20.9. The molecule has 0 aliphatic carbocycles. The van der Waals surface area contributed by atoms with E-state index in [1.54, 1.807) is 0 Å². The van der Waals surface area contributed by atoms with E-state index < -0.39 is 0 Å². The highest BCUT2D eigenvalue weighted by Gasteiger charge is 2.16. The lowest BCUT2D eigenvalue weighted by Gasteiger charge is -2.10. The van der Waals surface area contributed by atoms with Crippen LogP contribution in [-0.2, 0) is 7.05 Å². The molecule has 0 bridgehead atoms. The van der Waals surface area contributed by atoms with Crippen molar-refractivity contribution < 1.29 is 0 Å². The minimum Gasteiger partial charge on any atom is -0.326 e. The van der Waals surface area contributed by atoms with Gasteiger partial charge in [-0.1, -0.05) is 90.5 Å². The minimum absolute atomic E-state index is 0.838. The number of nitrogens with zero attached hydrogens (tertiary/aromatic N) is 3. The Morgan fingerprint density at radius 1 is 0.727 bits per heavy atom. The summed E-state index contributed by atoms with van der Waals surface area (Å²) < 4.78 is 2.16. The summed E-state index contributed by atoms with van der Waals surface area (Å²) in [5.41, 5.74) is 11.4. The van der Waals surface area contributed by atoms with E-state index in [4.69, 9.17) is 9.98 Å². The van der Waals surface area contributed by atoms with Crippen molar-refractivity contribution >= 4 is 22.9 Å². The van der Waals surface area contributed by atoms with Crippen LogP contribution in [0.4, 0.5) is 5.69 Å². The van der Waals surface area contributed by atoms with Gasteiger partial charge in [-0.2, -0.15) is 0 Å². The van der Waals surface area contributed by atoms with Crippen LogP contribution in [-0.4, -0.2) is 15.8 Å². The summed E-state index contributed by atoms with van der Waals surface area (Å²) in [7, 11) is 2.08. The molecule has 3 heteroatoms. The monoisotopic (exact) mass is 429 g/mol. The molecule has 1 heterocycles. The first-order valence-electron chi connectivity index (χ1n) is 11.2. The van der Waals surface area contributed by atoms with Crippen LogP contribution in [0.3, 0.4) is 0 Å². The van der Waals surface area contributed by atoms with Crippen molar-refractivity contribution in [2.24, 2.45) is 12.0 Å². The van der Waals surface area contributed by atoms with E-state index in [0.29, 0.717) is 0 Å². The molecule has 0 saturated heterocycles. The summed E-state index contributed by atoms with van der Waals surface area (Å²) in [6.45, 7) is 6.35. The van der Waals surface area contributed by atoms with Gasteiger partial charge in [-0.15, -0.1) is 0 Å². The van der Waals surface area contributed by atoms with Gasteiger partial charge in [-0.05, 0) is 43.0 Å². The Morgan fingerprint density at radius 2 is 1.27 bits per heavy atom. The second-order valence-corrected chi connectivity index (χ2v) is 8.62. The molecule has 0 aliphatic rings. The average molecular weight is 430 g/mol. The van der Waals surface area contributed by atoms with E-state index in [1.807, 2.05) is 18.3 Å². The van der Waals surface area contributed by atoms with Gasteiger partial charge in [0.1, 0.15) is 0 Å². The van der Waals surface area contributed by atoms with Gasteiger partial charge in [0.25, 0.3) is 0 Å². The largest absolute Gasteiger partial charge is 0.326 e. The van der Waals surface area contributed by atoms with E-state index in [1.165, 1.54) is 27.8 Å². The number of rotatable bonds is 4. The number of benzene rings is 4. The molecule has 162 valence electrons. The molecule has 0 spiro atoms. The number of hydrogen-bond donors (Lipinski definition) is 0. The minimum atomic E-state index is 0.838. The van der Waals surface area contributed by atoms with Crippen LogP contribution in [0.25, 0.3) is 33.3 Å². The molecule has 0 N–H and O–H groups in total. The van der Waals surface area contributed by atoms with Crippen LogP contribution in [0.2, 0.25) is 0 Å². The van der Waals surface area contributed by atoms with Gasteiger partial charge >= 0.3 is 0 Å². The number of imidazole rings is 1. The summed E-state index contributed by atoms with van der Waals surface area (Å²) in [5.74, 6) is 0.838. The molecule has 4 aromatic carbocycles. The Bertz CT molecular complexity index is 1450. The second-order valence-electron chi connectivity index (χ2n) is 8.62. The van der Waals surface area contributed by atoms with Crippen LogP contribution in [0, 0.1) is 20.8 Å². The quantitative estimate of drug-likeness (QED) is 0.271. The third kappa shape index (κ3) is 3.87. The van der Waals surface area contributed by atoms with Crippen molar-refractivity contribution in [1.82, 2.24) is 9.55 Å². The van der Waals surface area contributed by atoms with Gasteiger partial charge in [0.05, 0.1) is 22.9 Å². The lowest BCUT2D eigenvalue weighted by Crippen LogP contribution is -1.97. The molecule has 0 saturated carbocycles. The molecular weight excluding hydrogens is 402 g/mol. The van der Waals surface area contributed by atoms with Gasteiger partial charge in [0, 0.05) is 18.2 Å². The van der Waals surface area contributed by atoms with Crippen LogP contribution >= 0.6 is 0 Å². The summed E-state index contributed by atoms with van der Waals surface area (Å²) in [6, 6.07) is 29.7. The van der Waals surface area contributed by atoms with Crippen molar-refractivity contribution in [2.75, 3.05) is 0 Å². The molecule has 0 aliphatic heterocycles. The number of aromatic nitrogens is 2. The predicted octanol–water partition coefficient (Wildman–Crippen LogP) is 7.58. The smallest absolute Gasteiger partial charge is 0.152 e. The van der Waals surface area contributed by atoms with Crippen LogP contribution < -0.4 is 0 Å². The topological polar surface area (TPSA) is 30.2 Å². The molecule has 33 heavy (non-hydrogen) atoms. The third-order valence-electron chi connectivity index (χ3n) is 6.17. The maximum absolute atomic E-state index is 5.08. The SMILES string of the molecule is Cc1cc(C)c(N=Cc2nc3c(-c4ccccc4)ccc(-c4ccccc4)c3n2C)c(C)c1. The zero-order valence-corrected chi connectivity index (χ0v) is 19.5. The fourth-order valence-electron chi connectivity index (χ4n) is 4.65. The van der Waals surface area contributed by atoms with E-state index in [9.17, 15) is 0 Å². The van der Waals surface area contributed by atoms with Gasteiger partial charge in [-0.25, -0.2) is 4.98 Å². The number of aryl methyl sites for hydroxylation is 4. The lowest BCUT2D eigenvalue weighted by molar-refractivity contribution is 0.935. The highest BCUT2D eigenvalue weighted by molar-refractivity contribution is 6.03. The Labute approximate surface area is 195 Å². The summed E-state index contributed by atoms with van der Waals surface area (Å²) >= 11 is 0. The highest BCUT2D eigenvalue weighted by atomic mass is 15.1. The molecule has 0 radical (unpaired) electrons. The lowest BCUT2D eigenvalue weighted by atomic mass is 9.98. The first-order valence-corrected chi connectivity index (χ1v) is 11.2. The van der Waals surface area contributed by atoms with Crippen LogP contribution in [0.5, 0.6) is 0 Å². The molecule has 3 nitrogen and oxygen atoms in total. The average Bonchev–Trinajstić information content (AvgIpc) is 3.15. The van der Waals surface area contributed by atoms with E-state index in [2.05, 4.69) is 105 Å². The summed E-state index contributed by atoms with van der Waals surface area (Å²) in [4.78, 5) is 9.95. The first-order chi connectivity index (χ1) is 16.0. The summed E-state index contributed by atoms with van der Waals surface area (Å²) in [6.07, 6.45) is 1.90. The zero-order chi connectivity index (χ0) is 22.9. The molecule has 5 aromatic rings. The fourth-order valence-corrected chi connectivity index (χ4v) is 4.65. The van der Waals surface area contributed by atoms with Crippen molar-refractivity contribution in [3.8, 4) is 22.3 Å². The van der Waals surface area contributed by atoms with Crippen LogP contribution in [0.1, 0.15) is 22.5 Å². The van der Waals surface area contributed by atoms with Crippen molar-refractivity contribution in [3.63, 3.8) is 0 Å². The Balaban J connectivity index is 1.72. The third-order valence-corrected chi connectivity index (χ3v) is 6.17. The number of fused-ring (bicyclic) bond motifs is 1. The molecule has 1 aromatic heterocycles. The van der Waals surface area contributed by atoms with Gasteiger partial charge < -0.3 is 4.57 Å². The predicted molar refractivity (Wildman–Crippen MR) is 139 cm³/mol. The second kappa shape index (κ2) is 8.51. The molecule has 0 unspecified atom stereocenters. The number of aliphatic imine (C=N–C) groups is 1. The normalized spacial score (nSPS) is 11.5. The van der Waals surface area contributed by atoms with E-state index in [-0.39, 0.29) is 0 Å². The Hall–Kier alpha value is -3.98. The van der Waals surface area contributed by atoms with E-state index >= 15 is 0 Å². The fraction of sp³-hybridized carbons (Fsp3) is 0.133. The van der Waals surface area contributed by atoms with Gasteiger partial charge in [0.2, 0.25) is 0 Å². The maximum atomic E-state index is 5.08. The standard InChI is InChI=1S/C30H27N3/c1-20-17-21(2)28(22(3)18-20)31-19-27-32-29-25(23-11-7-5-8-12-23)15-16-26(30(29)33(27)4)24-13-9-6-10-14-24/h5-19H,1-4H3. The van der Waals surface area contributed by atoms with Crippen molar-refractivity contribution in [3.05, 3.63) is 107 Å². The summed E-state index contributed by atoms with van der Waals surface area (Å²) in [5, 5.41) is 0. The molecule has 0 fully saturated rings. The molecule has 0 amide bonds. The molecular formula is C30H27N3. The molecule has 0 atom stereocenters. The van der Waals surface area contributed by atoms with Crippen molar-refractivity contribution in [1.29, 1.82) is 0 Å². The van der Waals surface area contributed by atoms with E-state index in [0.717, 1.165) is 33.7 Å². The van der Waals surface area contributed by atoms with Crippen molar-refractivity contribution in [2.45, 2.75) is 20.8 Å².